The molecule has 2 atom stereocenters. The minimum absolute atomic E-state index is 0.0122. The van der Waals surface area contributed by atoms with Gasteiger partial charge in [0.05, 0.1) is 13.2 Å². The summed E-state index contributed by atoms with van der Waals surface area (Å²) in [4.78, 5) is 0. The second-order valence-electron chi connectivity index (χ2n) is 4.10. The summed E-state index contributed by atoms with van der Waals surface area (Å²) < 4.78 is 11.6. The molecule has 1 aliphatic rings. The molecular formula is C13H18O3. The van der Waals surface area contributed by atoms with Crippen molar-refractivity contribution in [3.8, 4) is 0 Å². The second kappa shape index (κ2) is 4.95. The van der Waals surface area contributed by atoms with Gasteiger partial charge in [-0.25, -0.2) is 0 Å². The van der Waals surface area contributed by atoms with Gasteiger partial charge >= 0.3 is 0 Å². The maximum Gasteiger partial charge on any atom is 0.195 e. The fourth-order valence-corrected chi connectivity index (χ4v) is 2.10. The average Bonchev–Trinajstić information content (AvgIpc) is 2.76. The molecule has 1 aliphatic heterocycles. The summed E-state index contributed by atoms with van der Waals surface area (Å²) in [6.07, 6.45) is 1.59. The van der Waals surface area contributed by atoms with Crippen molar-refractivity contribution in [2.45, 2.75) is 31.7 Å². The first-order valence-electron chi connectivity index (χ1n) is 5.79. The highest BCUT2D eigenvalue weighted by molar-refractivity contribution is 5.21. The summed E-state index contributed by atoms with van der Waals surface area (Å²) in [5.41, 5.74) is 1.04. The molecule has 1 heterocycles. The predicted molar refractivity (Wildman–Crippen MR) is 60.9 cm³/mol. The average molecular weight is 222 g/mol. The standard InChI is InChI=1S/C13H18O3/c1-2-8-13(11-6-4-3-5-7-11)15-10-12(9-14)16-13/h3-7,12,14H,2,8-10H2,1H3/t12-,13+/m0/s1. The first kappa shape index (κ1) is 11.6. The van der Waals surface area contributed by atoms with Gasteiger partial charge in [0.2, 0.25) is 0 Å². The minimum atomic E-state index is -0.649. The van der Waals surface area contributed by atoms with Gasteiger partial charge in [-0.05, 0) is 0 Å². The Morgan fingerprint density at radius 1 is 1.38 bits per heavy atom. The third-order valence-corrected chi connectivity index (χ3v) is 2.86. The number of rotatable bonds is 4. The molecule has 0 radical (unpaired) electrons. The molecular weight excluding hydrogens is 204 g/mol. The lowest BCUT2D eigenvalue weighted by atomic mass is 10.0. The van der Waals surface area contributed by atoms with E-state index in [9.17, 15) is 0 Å². The van der Waals surface area contributed by atoms with Crippen molar-refractivity contribution in [1.82, 2.24) is 0 Å². The van der Waals surface area contributed by atoms with Gasteiger partial charge in [0.1, 0.15) is 6.10 Å². The van der Waals surface area contributed by atoms with E-state index in [4.69, 9.17) is 14.6 Å². The van der Waals surface area contributed by atoms with Crippen molar-refractivity contribution in [3.05, 3.63) is 35.9 Å². The maximum atomic E-state index is 9.11. The summed E-state index contributed by atoms with van der Waals surface area (Å²) in [5.74, 6) is -0.649. The minimum Gasteiger partial charge on any atom is -0.394 e. The number of aliphatic hydroxyl groups is 1. The van der Waals surface area contributed by atoms with Crippen LogP contribution in [0.3, 0.4) is 0 Å². The summed E-state index contributed by atoms with van der Waals surface area (Å²) >= 11 is 0. The highest BCUT2D eigenvalue weighted by atomic mass is 16.7. The molecule has 2 rings (SSSR count). The van der Waals surface area contributed by atoms with E-state index in [0.29, 0.717) is 6.61 Å². The summed E-state index contributed by atoms with van der Waals surface area (Å²) in [5, 5.41) is 9.11. The lowest BCUT2D eigenvalue weighted by molar-refractivity contribution is -0.185. The van der Waals surface area contributed by atoms with Gasteiger partial charge in [0.25, 0.3) is 0 Å². The molecule has 0 saturated carbocycles. The van der Waals surface area contributed by atoms with Crippen LogP contribution in [0, 0.1) is 0 Å². The van der Waals surface area contributed by atoms with Crippen LogP contribution in [0.2, 0.25) is 0 Å². The van der Waals surface area contributed by atoms with Crippen LogP contribution >= 0.6 is 0 Å². The highest BCUT2D eigenvalue weighted by Gasteiger charge is 2.41. The van der Waals surface area contributed by atoms with E-state index in [1.54, 1.807) is 0 Å². The van der Waals surface area contributed by atoms with E-state index in [2.05, 4.69) is 6.92 Å². The van der Waals surface area contributed by atoms with Crippen molar-refractivity contribution in [2.75, 3.05) is 13.2 Å². The van der Waals surface area contributed by atoms with Crippen LogP contribution in [0.5, 0.6) is 0 Å². The van der Waals surface area contributed by atoms with E-state index in [-0.39, 0.29) is 12.7 Å². The number of aliphatic hydroxyl groups excluding tert-OH is 1. The normalized spacial score (nSPS) is 29.5. The zero-order chi connectivity index (χ0) is 11.4. The Hall–Kier alpha value is -0.900. The molecule has 3 heteroatoms. The Morgan fingerprint density at radius 2 is 2.12 bits per heavy atom. The van der Waals surface area contributed by atoms with E-state index in [0.717, 1.165) is 18.4 Å². The highest BCUT2D eigenvalue weighted by Crippen LogP contribution is 2.38. The Labute approximate surface area is 96.0 Å². The Kier molecular flexibility index (Phi) is 3.59. The molecule has 1 N–H and O–H groups in total. The van der Waals surface area contributed by atoms with Gasteiger partial charge in [-0.15, -0.1) is 0 Å². The lowest BCUT2D eigenvalue weighted by Gasteiger charge is -2.28. The Morgan fingerprint density at radius 3 is 2.69 bits per heavy atom. The first-order valence-corrected chi connectivity index (χ1v) is 5.79. The van der Waals surface area contributed by atoms with Crippen molar-refractivity contribution >= 4 is 0 Å². The van der Waals surface area contributed by atoms with E-state index < -0.39 is 5.79 Å². The summed E-state index contributed by atoms with van der Waals surface area (Å²) in [7, 11) is 0. The Balaban J connectivity index is 2.23. The van der Waals surface area contributed by atoms with Crippen LogP contribution < -0.4 is 0 Å². The predicted octanol–water partition coefficient (Wildman–Crippen LogP) is 2.05. The van der Waals surface area contributed by atoms with Crippen LogP contribution in [-0.4, -0.2) is 24.4 Å². The number of hydrogen-bond donors (Lipinski definition) is 1. The molecule has 0 bridgehead atoms. The number of ether oxygens (including phenoxy) is 2. The van der Waals surface area contributed by atoms with Gasteiger partial charge < -0.3 is 14.6 Å². The quantitative estimate of drug-likeness (QED) is 0.847. The topological polar surface area (TPSA) is 38.7 Å². The molecule has 0 aromatic heterocycles. The van der Waals surface area contributed by atoms with Crippen LogP contribution in [-0.2, 0) is 15.3 Å². The molecule has 1 fully saturated rings. The zero-order valence-corrected chi connectivity index (χ0v) is 9.56. The molecule has 1 saturated heterocycles. The molecule has 3 nitrogen and oxygen atoms in total. The van der Waals surface area contributed by atoms with Crippen molar-refractivity contribution in [3.63, 3.8) is 0 Å². The molecule has 0 spiro atoms. The van der Waals surface area contributed by atoms with Crippen LogP contribution in [0.15, 0.2) is 30.3 Å². The molecule has 0 unspecified atom stereocenters. The fraction of sp³-hybridized carbons (Fsp3) is 0.538. The van der Waals surface area contributed by atoms with E-state index in [1.165, 1.54) is 0 Å². The van der Waals surface area contributed by atoms with Crippen LogP contribution in [0.1, 0.15) is 25.3 Å². The number of hydrogen-bond acceptors (Lipinski definition) is 3. The monoisotopic (exact) mass is 222 g/mol. The van der Waals surface area contributed by atoms with Crippen LogP contribution in [0.4, 0.5) is 0 Å². The van der Waals surface area contributed by atoms with E-state index >= 15 is 0 Å². The SMILES string of the molecule is CCC[C@@]1(c2ccccc2)OC[C@H](CO)O1. The first-order chi connectivity index (χ1) is 7.80. The van der Waals surface area contributed by atoms with Gasteiger partial charge in [-0.1, -0.05) is 43.7 Å². The van der Waals surface area contributed by atoms with Crippen molar-refractivity contribution < 1.29 is 14.6 Å². The third-order valence-electron chi connectivity index (χ3n) is 2.86. The second-order valence-corrected chi connectivity index (χ2v) is 4.10. The van der Waals surface area contributed by atoms with Crippen molar-refractivity contribution in [2.24, 2.45) is 0 Å². The summed E-state index contributed by atoms with van der Waals surface area (Å²) in [6, 6.07) is 9.95. The molecule has 1 aromatic carbocycles. The molecule has 0 aliphatic carbocycles. The van der Waals surface area contributed by atoms with Crippen molar-refractivity contribution in [1.29, 1.82) is 0 Å². The fourth-order valence-electron chi connectivity index (χ4n) is 2.10. The smallest absolute Gasteiger partial charge is 0.195 e. The van der Waals surface area contributed by atoms with Gasteiger partial charge in [0, 0.05) is 12.0 Å². The summed E-state index contributed by atoms with van der Waals surface area (Å²) in [6.45, 7) is 2.58. The van der Waals surface area contributed by atoms with E-state index in [1.807, 2.05) is 30.3 Å². The maximum absolute atomic E-state index is 9.11. The Bertz CT molecular complexity index is 325. The van der Waals surface area contributed by atoms with Gasteiger partial charge in [0.15, 0.2) is 5.79 Å². The molecule has 16 heavy (non-hydrogen) atoms. The molecule has 0 amide bonds. The zero-order valence-electron chi connectivity index (χ0n) is 9.56. The number of benzene rings is 1. The largest absolute Gasteiger partial charge is 0.394 e. The van der Waals surface area contributed by atoms with Crippen LogP contribution in [0.25, 0.3) is 0 Å². The molecule has 1 aromatic rings. The molecule has 88 valence electrons. The van der Waals surface area contributed by atoms with Gasteiger partial charge in [-0.2, -0.15) is 0 Å². The van der Waals surface area contributed by atoms with Gasteiger partial charge in [-0.3, -0.25) is 0 Å². The third kappa shape index (κ3) is 2.12. The lowest BCUT2D eigenvalue weighted by Crippen LogP contribution is -2.28.